The summed E-state index contributed by atoms with van der Waals surface area (Å²) in [5.74, 6) is 0. The Morgan fingerprint density at radius 2 is 2.32 bits per heavy atom. The molecule has 1 aromatic heterocycles. The second-order valence-corrected chi connectivity index (χ2v) is 7.37. The van der Waals surface area contributed by atoms with Gasteiger partial charge in [-0.1, -0.05) is 25.1 Å². The third kappa shape index (κ3) is 2.18. The van der Waals surface area contributed by atoms with E-state index < -0.39 is 0 Å². The van der Waals surface area contributed by atoms with Crippen LogP contribution in [-0.2, 0) is 0 Å². The quantitative estimate of drug-likeness (QED) is 0.734. The molecule has 0 N–H and O–H groups in total. The Morgan fingerprint density at radius 3 is 3.14 bits per heavy atom. The molecule has 1 aromatic carbocycles. The van der Waals surface area contributed by atoms with E-state index >= 15 is 0 Å². The maximum atomic E-state index is 5.64. The normalized spacial score (nSPS) is 17.5. The van der Waals surface area contributed by atoms with Crippen LogP contribution in [0.5, 0.6) is 0 Å². The third-order valence-corrected chi connectivity index (χ3v) is 5.96. The summed E-state index contributed by atoms with van der Waals surface area (Å²) >= 11 is 3.60. The molecule has 4 rings (SSSR count). The van der Waals surface area contributed by atoms with Gasteiger partial charge in [-0.25, -0.2) is 0 Å². The summed E-state index contributed by atoms with van der Waals surface area (Å²) < 4.78 is 5.64. The van der Waals surface area contributed by atoms with Crippen molar-refractivity contribution in [2.24, 2.45) is 4.99 Å². The molecule has 2 aromatic rings. The summed E-state index contributed by atoms with van der Waals surface area (Å²) in [5, 5.41) is 2.36. The molecule has 0 saturated carbocycles. The van der Waals surface area contributed by atoms with Crippen LogP contribution in [0.1, 0.15) is 25.3 Å². The van der Waals surface area contributed by atoms with Crippen LogP contribution in [0, 0.1) is 0 Å². The fourth-order valence-electron chi connectivity index (χ4n) is 3.08. The van der Waals surface area contributed by atoms with Crippen molar-refractivity contribution in [1.29, 1.82) is 0 Å². The van der Waals surface area contributed by atoms with Crippen molar-refractivity contribution in [1.82, 2.24) is 4.90 Å². The zero-order chi connectivity index (χ0) is 15.1. The number of hydrogen-bond acceptors (Lipinski definition) is 5. The SMILES string of the molecule is CCCC1=C(c2cc(SC)c3occc3c2)N2CCN=C2S1. The second kappa shape index (κ2) is 5.70. The highest BCUT2D eigenvalue weighted by Crippen LogP contribution is 2.45. The van der Waals surface area contributed by atoms with Gasteiger partial charge >= 0.3 is 0 Å². The number of benzene rings is 1. The van der Waals surface area contributed by atoms with Gasteiger partial charge in [0.05, 0.1) is 23.4 Å². The first-order valence-electron chi connectivity index (χ1n) is 7.60. The number of rotatable bonds is 4. The van der Waals surface area contributed by atoms with Crippen molar-refractivity contribution in [3.63, 3.8) is 0 Å². The zero-order valence-corrected chi connectivity index (χ0v) is 14.4. The van der Waals surface area contributed by atoms with Crippen molar-refractivity contribution < 1.29 is 4.42 Å². The summed E-state index contributed by atoms with van der Waals surface area (Å²) in [6.07, 6.45) is 6.17. The van der Waals surface area contributed by atoms with E-state index in [1.807, 2.05) is 11.8 Å². The molecule has 0 amide bonds. The van der Waals surface area contributed by atoms with E-state index in [1.165, 1.54) is 31.6 Å². The Bertz CT molecular complexity index is 791. The summed E-state index contributed by atoms with van der Waals surface area (Å²) in [5.41, 5.74) is 3.65. The molecule has 3 heterocycles. The Hall–Kier alpha value is -1.33. The van der Waals surface area contributed by atoms with E-state index in [1.54, 1.807) is 18.0 Å². The number of furan rings is 1. The van der Waals surface area contributed by atoms with Crippen LogP contribution in [0.15, 0.2) is 43.7 Å². The van der Waals surface area contributed by atoms with E-state index in [0.29, 0.717) is 0 Å². The standard InChI is InChI=1S/C17H18N2OS2/c1-3-4-13-15(19-7-6-18-17(19)22-13)12-9-11-5-8-20-16(11)14(10-12)21-2/h5,8-10H,3-4,6-7H2,1-2H3. The van der Waals surface area contributed by atoms with Gasteiger partial charge in [0.15, 0.2) is 5.17 Å². The Balaban J connectivity index is 1.88. The maximum absolute atomic E-state index is 5.64. The van der Waals surface area contributed by atoms with Gasteiger partial charge in [-0.2, -0.15) is 0 Å². The number of hydrogen-bond donors (Lipinski definition) is 0. The van der Waals surface area contributed by atoms with Gasteiger partial charge in [0.25, 0.3) is 0 Å². The first-order valence-corrected chi connectivity index (χ1v) is 9.64. The largest absolute Gasteiger partial charge is 0.463 e. The van der Waals surface area contributed by atoms with E-state index in [2.05, 4.69) is 41.3 Å². The zero-order valence-electron chi connectivity index (χ0n) is 12.8. The monoisotopic (exact) mass is 330 g/mol. The number of allylic oxidation sites excluding steroid dienone is 1. The third-order valence-electron chi connectivity index (χ3n) is 4.04. The van der Waals surface area contributed by atoms with Crippen LogP contribution >= 0.6 is 23.5 Å². The molecule has 0 spiro atoms. The molecule has 3 nitrogen and oxygen atoms in total. The molecule has 0 fully saturated rings. The van der Waals surface area contributed by atoms with E-state index in [9.17, 15) is 0 Å². The van der Waals surface area contributed by atoms with Crippen LogP contribution in [0.4, 0.5) is 0 Å². The topological polar surface area (TPSA) is 28.7 Å². The van der Waals surface area contributed by atoms with Crippen molar-refractivity contribution in [2.75, 3.05) is 19.3 Å². The molecule has 0 unspecified atom stereocenters. The Morgan fingerprint density at radius 1 is 1.41 bits per heavy atom. The Labute approximate surface area is 138 Å². The molecule has 2 aliphatic heterocycles. The molecule has 0 bridgehead atoms. The van der Waals surface area contributed by atoms with Crippen LogP contribution in [0.3, 0.4) is 0 Å². The van der Waals surface area contributed by atoms with Gasteiger partial charge in [0.2, 0.25) is 0 Å². The molecule has 0 atom stereocenters. The predicted octanol–water partition coefficient (Wildman–Crippen LogP) is 5.04. The number of aliphatic imine (C=N–C) groups is 1. The number of fused-ring (bicyclic) bond motifs is 2. The summed E-state index contributed by atoms with van der Waals surface area (Å²) in [4.78, 5) is 9.69. The van der Waals surface area contributed by atoms with Crippen molar-refractivity contribution >= 4 is 45.4 Å². The van der Waals surface area contributed by atoms with E-state index in [4.69, 9.17) is 4.42 Å². The first-order chi connectivity index (χ1) is 10.8. The van der Waals surface area contributed by atoms with Crippen LogP contribution in [-0.4, -0.2) is 29.4 Å². The molecular formula is C17H18N2OS2. The molecule has 22 heavy (non-hydrogen) atoms. The molecule has 114 valence electrons. The average molecular weight is 330 g/mol. The Kier molecular flexibility index (Phi) is 3.70. The first kappa shape index (κ1) is 14.3. The lowest BCUT2D eigenvalue weighted by atomic mass is 10.1. The summed E-state index contributed by atoms with van der Waals surface area (Å²) in [7, 11) is 0. The highest BCUT2D eigenvalue weighted by molar-refractivity contribution is 8.17. The highest BCUT2D eigenvalue weighted by Gasteiger charge is 2.32. The summed E-state index contributed by atoms with van der Waals surface area (Å²) in [6, 6.07) is 6.58. The minimum absolute atomic E-state index is 0.911. The number of thioether (sulfide) groups is 2. The molecule has 0 saturated heterocycles. The fourth-order valence-corrected chi connectivity index (χ4v) is 4.98. The van der Waals surface area contributed by atoms with Gasteiger partial charge < -0.3 is 9.32 Å². The number of amidine groups is 1. The highest BCUT2D eigenvalue weighted by atomic mass is 32.2. The van der Waals surface area contributed by atoms with Gasteiger partial charge in [-0.3, -0.25) is 4.99 Å². The maximum Gasteiger partial charge on any atom is 0.168 e. The van der Waals surface area contributed by atoms with Crippen LogP contribution in [0.25, 0.3) is 16.7 Å². The second-order valence-electron chi connectivity index (χ2n) is 5.46. The van der Waals surface area contributed by atoms with Gasteiger partial charge in [-0.15, -0.1) is 11.8 Å². The minimum Gasteiger partial charge on any atom is -0.463 e. The van der Waals surface area contributed by atoms with Crippen molar-refractivity contribution in [3.05, 3.63) is 34.9 Å². The van der Waals surface area contributed by atoms with Crippen LogP contribution < -0.4 is 0 Å². The van der Waals surface area contributed by atoms with E-state index in [0.717, 1.165) is 31.5 Å². The average Bonchev–Trinajstić information content (AvgIpc) is 3.20. The number of nitrogens with zero attached hydrogens (tertiary/aromatic N) is 2. The minimum atomic E-state index is 0.911. The molecule has 5 heteroatoms. The van der Waals surface area contributed by atoms with Gasteiger partial charge in [-0.05, 0) is 30.9 Å². The van der Waals surface area contributed by atoms with Crippen molar-refractivity contribution in [3.8, 4) is 0 Å². The molecule has 0 radical (unpaired) electrons. The lowest BCUT2D eigenvalue weighted by Gasteiger charge is -2.18. The molecular weight excluding hydrogens is 312 g/mol. The van der Waals surface area contributed by atoms with Crippen LogP contribution in [0.2, 0.25) is 0 Å². The lowest BCUT2D eigenvalue weighted by Crippen LogP contribution is -2.20. The smallest absolute Gasteiger partial charge is 0.168 e. The van der Waals surface area contributed by atoms with Gasteiger partial charge in [0.1, 0.15) is 5.58 Å². The fraction of sp³-hybridized carbons (Fsp3) is 0.353. The molecule has 2 aliphatic rings. The van der Waals surface area contributed by atoms with E-state index in [-0.39, 0.29) is 0 Å². The molecule has 0 aliphatic carbocycles. The van der Waals surface area contributed by atoms with Gasteiger partial charge in [0, 0.05) is 22.4 Å². The van der Waals surface area contributed by atoms with Crippen molar-refractivity contribution in [2.45, 2.75) is 24.7 Å². The predicted molar refractivity (Wildman–Crippen MR) is 96.4 cm³/mol. The lowest BCUT2D eigenvalue weighted by molar-refractivity contribution is 0.608. The summed E-state index contributed by atoms with van der Waals surface area (Å²) in [6.45, 7) is 4.15.